The molecular formula is C57H56N6O12. The smallest absolute Gasteiger partial charge is 0.261 e. The van der Waals surface area contributed by atoms with Crippen molar-refractivity contribution in [1.82, 2.24) is 29.4 Å². The lowest BCUT2D eigenvalue weighted by molar-refractivity contribution is -0.140. The Balaban J connectivity index is 0.000000121. The highest BCUT2D eigenvalue weighted by atomic mass is 16.2. The molecular weight excluding hydrogens is 961 g/mol. The zero-order chi connectivity index (χ0) is 54.2. The van der Waals surface area contributed by atoms with Crippen molar-refractivity contribution in [3.8, 4) is 0 Å². The zero-order valence-electron chi connectivity index (χ0n) is 42.5. The zero-order valence-corrected chi connectivity index (χ0v) is 42.5. The van der Waals surface area contributed by atoms with E-state index in [9.17, 15) is 57.5 Å². The molecule has 0 bridgehead atoms. The van der Waals surface area contributed by atoms with Gasteiger partial charge in [0.25, 0.3) is 35.4 Å². The first-order chi connectivity index (χ1) is 35.7. The minimum atomic E-state index is -0.228. The second kappa shape index (κ2) is 21.5. The van der Waals surface area contributed by atoms with E-state index in [1.54, 1.807) is 62.6 Å². The van der Waals surface area contributed by atoms with Gasteiger partial charge in [-0.2, -0.15) is 0 Å². The third-order valence-corrected chi connectivity index (χ3v) is 15.1. The van der Waals surface area contributed by atoms with E-state index in [-0.39, 0.29) is 94.6 Å². The van der Waals surface area contributed by atoms with Crippen LogP contribution in [-0.4, -0.2) is 143 Å². The lowest BCUT2D eigenvalue weighted by atomic mass is 9.81. The third-order valence-electron chi connectivity index (χ3n) is 15.1. The van der Waals surface area contributed by atoms with Crippen LogP contribution in [0.25, 0.3) is 21.5 Å². The number of carbonyl (C=O) groups excluding carboxylic acids is 12. The van der Waals surface area contributed by atoms with Gasteiger partial charge in [0.05, 0.1) is 45.9 Å². The summed E-state index contributed by atoms with van der Waals surface area (Å²) in [5.41, 5.74) is 3.23. The Morgan fingerprint density at radius 2 is 0.600 bits per heavy atom. The lowest BCUT2D eigenvalue weighted by Gasteiger charge is -2.23. The molecule has 2 aliphatic carbocycles. The highest BCUT2D eigenvalue weighted by molar-refractivity contribution is 6.25. The van der Waals surface area contributed by atoms with E-state index in [4.69, 9.17) is 0 Å². The van der Waals surface area contributed by atoms with Crippen LogP contribution < -0.4 is 0 Å². The number of amides is 12. The van der Waals surface area contributed by atoms with Crippen LogP contribution in [-0.2, 0) is 28.8 Å². The molecule has 3 saturated heterocycles. The topological polar surface area (TPSA) is 224 Å². The summed E-state index contributed by atoms with van der Waals surface area (Å²) in [6, 6.07) is 29.1. The van der Waals surface area contributed by atoms with Gasteiger partial charge in [0, 0.05) is 71.6 Å². The molecule has 386 valence electrons. The highest BCUT2D eigenvalue weighted by Crippen LogP contribution is 2.39. The Morgan fingerprint density at radius 3 is 0.947 bits per heavy atom. The van der Waals surface area contributed by atoms with Crippen LogP contribution in [0.5, 0.6) is 0 Å². The summed E-state index contributed by atoms with van der Waals surface area (Å²) >= 11 is 0. The first kappa shape index (κ1) is 52.8. The van der Waals surface area contributed by atoms with Gasteiger partial charge in [0.1, 0.15) is 0 Å². The molecule has 6 aliphatic heterocycles. The predicted molar refractivity (Wildman–Crippen MR) is 272 cm³/mol. The summed E-state index contributed by atoms with van der Waals surface area (Å²) in [5, 5.41) is 3.68. The fourth-order valence-corrected chi connectivity index (χ4v) is 10.7. The Labute approximate surface area is 432 Å². The van der Waals surface area contributed by atoms with Crippen molar-refractivity contribution in [3.05, 3.63) is 130 Å². The molecule has 0 N–H and O–H groups in total. The van der Waals surface area contributed by atoms with E-state index in [1.165, 1.54) is 42.9 Å². The number of fused-ring (bicyclic) bond motifs is 5. The van der Waals surface area contributed by atoms with E-state index in [0.29, 0.717) is 46.2 Å². The largest absolute Gasteiger partial charge is 0.286 e. The molecule has 6 heterocycles. The maximum Gasteiger partial charge on any atom is 0.261 e. The van der Waals surface area contributed by atoms with E-state index in [0.717, 1.165) is 81.2 Å². The van der Waals surface area contributed by atoms with E-state index >= 15 is 0 Å². The second-order valence-electron chi connectivity index (χ2n) is 19.5. The molecule has 12 amide bonds. The van der Waals surface area contributed by atoms with Crippen LogP contribution in [0.15, 0.2) is 97.1 Å². The average molecular weight is 1020 g/mol. The molecule has 0 radical (unpaired) electrons. The minimum absolute atomic E-state index is 0.0243. The second-order valence-corrected chi connectivity index (χ2v) is 19.5. The molecule has 0 aromatic heterocycles. The van der Waals surface area contributed by atoms with Gasteiger partial charge in [0.15, 0.2) is 0 Å². The number of nitrogens with zero attached hydrogens (tertiary/aromatic N) is 6. The van der Waals surface area contributed by atoms with E-state index < -0.39 is 0 Å². The standard InChI is InChI=1S/2C13H9NO2.C9H13NO2.C9H7NO2.C8H11NO2.C5H7NO2/c1-14-12(15)9-6-2-4-8-5-3-7-10(11(8)9)13(14)16;1-14-12(15)10-6-8-4-2-3-5-9(8)7-11(10)13(14)16;2*1-10-8(11)6-4-2-3-5-7(6)9(10)12;1-9-7(10)5-3-2-4-6(5)8(9)11;1-6-4(7)2-3-5(6)8/h2*2-7H,1H3;6-7H,2-5H2,1H3;2-5H,1H3;5-6H,2-4H2,1H3;2-3H2,1H3. The molecule has 0 spiro atoms. The molecule has 4 unspecified atom stereocenters. The summed E-state index contributed by atoms with van der Waals surface area (Å²) in [6.07, 6.45) is 7.71. The van der Waals surface area contributed by atoms with Gasteiger partial charge in [-0.1, -0.05) is 79.9 Å². The van der Waals surface area contributed by atoms with Gasteiger partial charge in [0.2, 0.25) is 35.4 Å². The first-order valence-electron chi connectivity index (χ1n) is 24.8. The van der Waals surface area contributed by atoms with Gasteiger partial charge >= 0.3 is 0 Å². The monoisotopic (exact) mass is 1020 g/mol. The molecule has 5 aromatic carbocycles. The number of carbonyl (C=O) groups is 12. The predicted octanol–water partition coefficient (Wildman–Crippen LogP) is 6.00. The molecule has 18 heteroatoms. The van der Waals surface area contributed by atoms with E-state index in [1.807, 2.05) is 48.5 Å². The number of rotatable bonds is 0. The number of benzene rings is 5. The van der Waals surface area contributed by atoms with Gasteiger partial charge < -0.3 is 0 Å². The third kappa shape index (κ3) is 9.87. The summed E-state index contributed by atoms with van der Waals surface area (Å²) in [4.78, 5) is 144. The summed E-state index contributed by atoms with van der Waals surface area (Å²) in [5.74, 6) is -1.15. The maximum atomic E-state index is 11.9. The Hall–Kier alpha value is -8.54. The molecule has 13 rings (SSSR count). The van der Waals surface area contributed by atoms with Crippen molar-refractivity contribution in [2.24, 2.45) is 23.7 Å². The fourth-order valence-electron chi connectivity index (χ4n) is 10.7. The minimum Gasteiger partial charge on any atom is -0.286 e. The highest BCUT2D eigenvalue weighted by Gasteiger charge is 2.48. The molecule has 2 saturated carbocycles. The van der Waals surface area contributed by atoms with Gasteiger partial charge in [-0.3, -0.25) is 86.9 Å². The number of hydrogen-bond acceptors (Lipinski definition) is 12. The fraction of sp³-hybridized carbons (Fsp3) is 0.333. The molecule has 75 heavy (non-hydrogen) atoms. The molecule has 5 fully saturated rings. The quantitative estimate of drug-likeness (QED) is 0.163. The van der Waals surface area contributed by atoms with Crippen molar-refractivity contribution in [2.75, 3.05) is 42.3 Å². The van der Waals surface area contributed by atoms with Crippen molar-refractivity contribution in [1.29, 1.82) is 0 Å². The SMILES string of the molecule is CN1C(=O)C2CCCC2C1=O.CN1C(=O)C2CCCCC2C1=O.CN1C(=O)CCC1=O.CN1C(=O)c2cc3ccccc3cc2C1=O.CN1C(=O)c2cccc3cccc(c23)C1=O.CN1C(=O)c2ccccc2C1=O. The first-order valence-corrected chi connectivity index (χ1v) is 24.8. The Kier molecular flexibility index (Phi) is 15.1. The van der Waals surface area contributed by atoms with Crippen molar-refractivity contribution >= 4 is 92.4 Å². The van der Waals surface area contributed by atoms with E-state index in [2.05, 4.69) is 0 Å². The van der Waals surface area contributed by atoms with Crippen LogP contribution in [0.1, 0.15) is 120 Å². The summed E-state index contributed by atoms with van der Waals surface area (Å²) in [7, 11) is 9.21. The molecule has 8 aliphatic rings. The Morgan fingerprint density at radius 1 is 0.307 bits per heavy atom. The number of imide groups is 6. The van der Waals surface area contributed by atoms with Crippen LogP contribution in [0.3, 0.4) is 0 Å². The van der Waals surface area contributed by atoms with Gasteiger partial charge in [-0.05, 0) is 78.2 Å². The average Bonchev–Trinajstić information content (AvgIpc) is 4.23. The number of hydrogen-bond donors (Lipinski definition) is 0. The Bertz CT molecular complexity index is 3090. The van der Waals surface area contributed by atoms with Crippen LogP contribution in [0, 0.1) is 23.7 Å². The van der Waals surface area contributed by atoms with Gasteiger partial charge in [-0.25, -0.2) is 0 Å². The molecule has 4 atom stereocenters. The van der Waals surface area contributed by atoms with Crippen molar-refractivity contribution in [3.63, 3.8) is 0 Å². The summed E-state index contributed by atoms with van der Waals surface area (Å²) < 4.78 is 0. The van der Waals surface area contributed by atoms with Crippen LogP contribution >= 0.6 is 0 Å². The van der Waals surface area contributed by atoms with Crippen molar-refractivity contribution in [2.45, 2.75) is 57.8 Å². The number of likely N-dealkylation sites (tertiary alicyclic amines) is 3. The normalized spacial score (nSPS) is 21.9. The van der Waals surface area contributed by atoms with Crippen LogP contribution in [0.4, 0.5) is 0 Å². The summed E-state index contributed by atoms with van der Waals surface area (Å²) in [6.45, 7) is 0. The molecule has 5 aromatic rings. The van der Waals surface area contributed by atoms with Gasteiger partial charge in [-0.15, -0.1) is 0 Å². The van der Waals surface area contributed by atoms with Crippen LogP contribution in [0.2, 0.25) is 0 Å². The van der Waals surface area contributed by atoms with Crippen molar-refractivity contribution < 1.29 is 57.5 Å². The lowest BCUT2D eigenvalue weighted by Crippen LogP contribution is -2.36. The maximum absolute atomic E-state index is 11.9. The molecule has 18 nitrogen and oxygen atoms in total.